The first-order chi connectivity index (χ1) is 10.1. The van der Waals surface area contributed by atoms with Gasteiger partial charge >= 0.3 is 5.97 Å². The normalized spacial score (nSPS) is 15.8. The van der Waals surface area contributed by atoms with Crippen LogP contribution in [0.4, 0.5) is 0 Å². The second kappa shape index (κ2) is 11.5. The summed E-state index contributed by atoms with van der Waals surface area (Å²) in [5, 5.41) is 6.11. The molecular weight excluding hydrogens is 399 g/mol. The minimum absolute atomic E-state index is 0. The van der Waals surface area contributed by atoms with Crippen molar-refractivity contribution in [3.63, 3.8) is 0 Å². The average molecular weight is 426 g/mol. The van der Waals surface area contributed by atoms with E-state index in [2.05, 4.69) is 20.4 Å². The summed E-state index contributed by atoms with van der Waals surface area (Å²) < 4.78 is 4.67. The van der Waals surface area contributed by atoms with E-state index in [9.17, 15) is 9.59 Å². The number of esters is 1. The quantitative estimate of drug-likeness (QED) is 0.281. The highest BCUT2D eigenvalue weighted by atomic mass is 127. The number of carbonyl (C=O) groups excluding carboxylic acids is 2. The number of nitrogens with one attached hydrogen (secondary N) is 2. The average Bonchev–Trinajstić information content (AvgIpc) is 3.02. The lowest BCUT2D eigenvalue weighted by Crippen LogP contribution is -2.41. The lowest BCUT2D eigenvalue weighted by molar-refractivity contribution is -0.144. The molecule has 128 valence electrons. The lowest BCUT2D eigenvalue weighted by atomic mass is 10.2. The molecule has 0 aromatic rings. The third-order valence-corrected chi connectivity index (χ3v) is 3.35. The molecule has 1 rings (SSSR count). The predicted molar refractivity (Wildman–Crippen MR) is 96.4 cm³/mol. The molecule has 0 radical (unpaired) electrons. The zero-order valence-corrected chi connectivity index (χ0v) is 15.9. The second-order valence-corrected chi connectivity index (χ2v) is 5.09. The van der Waals surface area contributed by atoms with E-state index in [0.717, 1.165) is 25.9 Å². The highest BCUT2D eigenvalue weighted by Crippen LogP contribution is 2.07. The molecule has 1 amide bonds. The minimum atomic E-state index is -0.272. The SMILES string of the molecule is CCNC(=NCC(=O)N1CCCC1)NCC(C)C(=O)OC.I. The van der Waals surface area contributed by atoms with Gasteiger partial charge in [0.1, 0.15) is 6.54 Å². The molecule has 0 aromatic heterocycles. The maximum Gasteiger partial charge on any atom is 0.310 e. The van der Waals surface area contributed by atoms with Gasteiger partial charge in [-0.05, 0) is 19.8 Å². The molecule has 0 aliphatic carbocycles. The van der Waals surface area contributed by atoms with Gasteiger partial charge in [0.15, 0.2) is 5.96 Å². The minimum Gasteiger partial charge on any atom is -0.469 e. The molecule has 1 atom stereocenters. The Labute approximate surface area is 149 Å². The molecule has 1 saturated heterocycles. The number of carbonyl (C=O) groups is 2. The summed E-state index contributed by atoms with van der Waals surface area (Å²) in [6, 6.07) is 0. The Hall–Kier alpha value is -1.06. The Balaban J connectivity index is 0.00000441. The van der Waals surface area contributed by atoms with Crippen LogP contribution in [-0.2, 0) is 14.3 Å². The third-order valence-electron chi connectivity index (χ3n) is 3.35. The van der Waals surface area contributed by atoms with Gasteiger partial charge in [-0.1, -0.05) is 6.92 Å². The fourth-order valence-electron chi connectivity index (χ4n) is 2.09. The zero-order valence-electron chi connectivity index (χ0n) is 13.6. The van der Waals surface area contributed by atoms with Crippen LogP contribution >= 0.6 is 24.0 Å². The molecule has 1 heterocycles. The Bertz CT molecular complexity index is 384. The van der Waals surface area contributed by atoms with E-state index >= 15 is 0 Å². The van der Waals surface area contributed by atoms with Crippen LogP contribution in [0.2, 0.25) is 0 Å². The number of halogens is 1. The summed E-state index contributed by atoms with van der Waals surface area (Å²) in [7, 11) is 1.37. The summed E-state index contributed by atoms with van der Waals surface area (Å²) in [6.07, 6.45) is 2.15. The van der Waals surface area contributed by atoms with Gasteiger partial charge in [-0.25, -0.2) is 4.99 Å². The number of aliphatic imine (C=N–C) groups is 1. The number of hydrogen-bond acceptors (Lipinski definition) is 4. The number of rotatable bonds is 6. The van der Waals surface area contributed by atoms with Gasteiger partial charge in [-0.15, -0.1) is 24.0 Å². The maximum absolute atomic E-state index is 11.9. The zero-order chi connectivity index (χ0) is 15.7. The van der Waals surface area contributed by atoms with Crippen molar-refractivity contribution in [2.45, 2.75) is 26.7 Å². The number of likely N-dealkylation sites (tertiary alicyclic amines) is 1. The van der Waals surface area contributed by atoms with E-state index in [1.165, 1.54) is 7.11 Å². The van der Waals surface area contributed by atoms with E-state index in [1.54, 1.807) is 6.92 Å². The summed E-state index contributed by atoms with van der Waals surface area (Å²) >= 11 is 0. The van der Waals surface area contributed by atoms with Gasteiger partial charge in [0.2, 0.25) is 5.91 Å². The smallest absolute Gasteiger partial charge is 0.310 e. The first kappa shape index (κ1) is 20.9. The van der Waals surface area contributed by atoms with Crippen LogP contribution in [0.5, 0.6) is 0 Å². The molecule has 1 aliphatic heterocycles. The Morgan fingerprint density at radius 3 is 2.45 bits per heavy atom. The summed E-state index contributed by atoms with van der Waals surface area (Å²) in [6.45, 7) is 6.62. The Morgan fingerprint density at radius 2 is 1.91 bits per heavy atom. The summed E-state index contributed by atoms with van der Waals surface area (Å²) in [4.78, 5) is 29.4. The monoisotopic (exact) mass is 426 g/mol. The molecule has 0 spiro atoms. The predicted octanol–water partition coefficient (Wildman–Crippen LogP) is 0.591. The fraction of sp³-hybridized carbons (Fsp3) is 0.786. The van der Waals surface area contributed by atoms with Crippen LogP contribution in [0, 0.1) is 5.92 Å². The fourth-order valence-corrected chi connectivity index (χ4v) is 2.09. The van der Waals surface area contributed by atoms with E-state index in [-0.39, 0.29) is 48.3 Å². The molecule has 0 bridgehead atoms. The van der Waals surface area contributed by atoms with Gasteiger partial charge in [-0.3, -0.25) is 9.59 Å². The van der Waals surface area contributed by atoms with Crippen LogP contribution in [-0.4, -0.2) is 62.6 Å². The number of amides is 1. The second-order valence-electron chi connectivity index (χ2n) is 5.09. The van der Waals surface area contributed by atoms with Crippen LogP contribution < -0.4 is 10.6 Å². The Morgan fingerprint density at radius 1 is 1.27 bits per heavy atom. The molecule has 8 heteroatoms. The third kappa shape index (κ3) is 7.28. The van der Waals surface area contributed by atoms with Gasteiger partial charge in [0.25, 0.3) is 0 Å². The highest BCUT2D eigenvalue weighted by Gasteiger charge is 2.17. The molecule has 7 nitrogen and oxygen atoms in total. The van der Waals surface area contributed by atoms with Crippen LogP contribution in [0.1, 0.15) is 26.7 Å². The summed E-state index contributed by atoms with van der Waals surface area (Å²) in [5.41, 5.74) is 0. The van der Waals surface area contributed by atoms with Crippen molar-refractivity contribution in [1.29, 1.82) is 0 Å². The highest BCUT2D eigenvalue weighted by molar-refractivity contribution is 14.0. The van der Waals surface area contributed by atoms with Gasteiger partial charge in [-0.2, -0.15) is 0 Å². The van der Waals surface area contributed by atoms with Crippen molar-refractivity contribution in [3.8, 4) is 0 Å². The molecule has 1 aliphatic rings. The van der Waals surface area contributed by atoms with Gasteiger partial charge < -0.3 is 20.3 Å². The van der Waals surface area contributed by atoms with Crippen molar-refractivity contribution in [3.05, 3.63) is 0 Å². The largest absolute Gasteiger partial charge is 0.469 e. The number of ether oxygens (including phenoxy) is 1. The topological polar surface area (TPSA) is 83.0 Å². The van der Waals surface area contributed by atoms with Crippen molar-refractivity contribution in [1.82, 2.24) is 15.5 Å². The molecular formula is C14H27IN4O3. The first-order valence-corrected chi connectivity index (χ1v) is 7.46. The lowest BCUT2D eigenvalue weighted by Gasteiger charge is -2.16. The molecule has 1 unspecified atom stereocenters. The van der Waals surface area contributed by atoms with E-state index in [0.29, 0.717) is 19.0 Å². The molecule has 0 saturated carbocycles. The van der Waals surface area contributed by atoms with Crippen molar-refractivity contribution >= 4 is 41.8 Å². The van der Waals surface area contributed by atoms with Crippen molar-refractivity contribution in [2.24, 2.45) is 10.9 Å². The molecule has 0 aromatic carbocycles. The van der Waals surface area contributed by atoms with Crippen molar-refractivity contribution in [2.75, 3.05) is 39.8 Å². The standard InChI is InChI=1S/C14H26N4O3.HI/c1-4-15-14(16-9-11(2)13(20)21-3)17-10-12(19)18-7-5-6-8-18;/h11H,4-10H2,1-3H3,(H2,15,16,17);1H. The summed E-state index contributed by atoms with van der Waals surface area (Å²) in [5.74, 6) is 0.0474. The number of nitrogens with zero attached hydrogens (tertiary/aromatic N) is 2. The van der Waals surface area contributed by atoms with E-state index < -0.39 is 0 Å². The van der Waals surface area contributed by atoms with Gasteiger partial charge in [0.05, 0.1) is 13.0 Å². The van der Waals surface area contributed by atoms with Gasteiger partial charge in [0, 0.05) is 26.2 Å². The maximum atomic E-state index is 11.9. The molecule has 22 heavy (non-hydrogen) atoms. The number of methoxy groups -OCH3 is 1. The molecule has 2 N–H and O–H groups in total. The van der Waals surface area contributed by atoms with Crippen LogP contribution in [0.25, 0.3) is 0 Å². The van der Waals surface area contributed by atoms with E-state index in [1.807, 2.05) is 11.8 Å². The van der Waals surface area contributed by atoms with E-state index in [4.69, 9.17) is 0 Å². The molecule has 1 fully saturated rings. The van der Waals surface area contributed by atoms with Crippen LogP contribution in [0.3, 0.4) is 0 Å². The Kier molecular flexibility index (Phi) is 10.9. The van der Waals surface area contributed by atoms with Crippen molar-refractivity contribution < 1.29 is 14.3 Å². The van der Waals surface area contributed by atoms with Crippen LogP contribution in [0.15, 0.2) is 4.99 Å². The first-order valence-electron chi connectivity index (χ1n) is 7.46. The number of guanidine groups is 1. The number of hydrogen-bond donors (Lipinski definition) is 2.